The minimum atomic E-state index is -0.0220. The van der Waals surface area contributed by atoms with Gasteiger partial charge in [0.25, 0.3) is 0 Å². The van der Waals surface area contributed by atoms with Crippen molar-refractivity contribution in [2.24, 2.45) is 11.8 Å². The maximum absolute atomic E-state index is 11.2. The fourth-order valence-electron chi connectivity index (χ4n) is 0.804. The van der Waals surface area contributed by atoms with Crippen molar-refractivity contribution in [3.8, 4) is 0 Å². The molecule has 0 radical (unpaired) electrons. The summed E-state index contributed by atoms with van der Waals surface area (Å²) in [6.07, 6.45) is 0.114. The summed E-state index contributed by atoms with van der Waals surface area (Å²) in [7, 11) is 0. The first-order valence-corrected chi connectivity index (χ1v) is 5.31. The van der Waals surface area contributed by atoms with Gasteiger partial charge in [0.2, 0.25) is 5.91 Å². The van der Waals surface area contributed by atoms with Crippen LogP contribution in [0, 0.1) is 11.8 Å². The van der Waals surface area contributed by atoms with E-state index < -0.39 is 0 Å². The second-order valence-corrected chi connectivity index (χ2v) is 4.39. The molecule has 0 bridgehead atoms. The van der Waals surface area contributed by atoms with Crippen LogP contribution in [0.2, 0.25) is 0 Å². The molecule has 1 N–H and O–H groups in total. The van der Waals surface area contributed by atoms with Crippen LogP contribution in [-0.2, 0) is 9.53 Å². The van der Waals surface area contributed by atoms with Crippen molar-refractivity contribution in [1.82, 2.24) is 5.32 Å². The molecular weight excluding hydrogens is 178 g/mol. The monoisotopic (exact) mass is 201 g/mol. The molecule has 0 saturated carbocycles. The third-order valence-electron chi connectivity index (χ3n) is 2.31. The lowest BCUT2D eigenvalue weighted by Crippen LogP contribution is -2.33. The molecule has 0 aliphatic carbocycles. The van der Waals surface area contributed by atoms with Gasteiger partial charge >= 0.3 is 0 Å². The normalized spacial score (nSPS) is 13.4. The highest BCUT2D eigenvalue weighted by Crippen LogP contribution is 2.07. The van der Waals surface area contributed by atoms with E-state index in [9.17, 15) is 4.79 Å². The van der Waals surface area contributed by atoms with E-state index in [1.165, 1.54) is 0 Å². The highest BCUT2D eigenvalue weighted by molar-refractivity contribution is 5.77. The minimum absolute atomic E-state index is 0.0220. The summed E-state index contributed by atoms with van der Waals surface area (Å²) < 4.78 is 5.18. The third kappa shape index (κ3) is 6.89. The van der Waals surface area contributed by atoms with Crippen LogP contribution in [0.25, 0.3) is 0 Å². The molecule has 0 aliphatic heterocycles. The van der Waals surface area contributed by atoms with Gasteiger partial charge in [-0.1, -0.05) is 20.8 Å². The Hall–Kier alpha value is -0.570. The first-order valence-electron chi connectivity index (χ1n) is 5.31. The Morgan fingerprint density at radius 3 is 2.21 bits per heavy atom. The highest BCUT2D eigenvalue weighted by atomic mass is 16.5. The number of hydrogen-bond donors (Lipinski definition) is 1. The lowest BCUT2D eigenvalue weighted by atomic mass is 9.98. The summed E-state index contributed by atoms with van der Waals surface area (Å²) in [4.78, 5) is 11.2. The van der Waals surface area contributed by atoms with E-state index >= 15 is 0 Å². The fourth-order valence-corrected chi connectivity index (χ4v) is 0.804. The van der Waals surface area contributed by atoms with Crippen LogP contribution < -0.4 is 5.32 Å². The molecule has 0 rings (SSSR count). The number of ether oxygens (including phenoxy) is 1. The van der Waals surface area contributed by atoms with Gasteiger partial charge in [-0.3, -0.25) is 4.79 Å². The van der Waals surface area contributed by atoms with Crippen molar-refractivity contribution in [2.75, 3.05) is 13.2 Å². The minimum Gasteiger partial charge on any atom is -0.369 e. The molecule has 0 fully saturated rings. The Balaban J connectivity index is 3.54. The standard InChI is InChI=1S/C11H23NO2/c1-8(2)10(5)6-12-11(13)7-14-9(3)4/h8-10H,6-7H2,1-5H3,(H,12,13). The third-order valence-corrected chi connectivity index (χ3v) is 2.31. The molecule has 3 heteroatoms. The quantitative estimate of drug-likeness (QED) is 0.712. The summed E-state index contributed by atoms with van der Waals surface area (Å²) in [6.45, 7) is 11.2. The Labute approximate surface area is 87.2 Å². The lowest BCUT2D eigenvalue weighted by molar-refractivity contribution is -0.127. The zero-order valence-corrected chi connectivity index (χ0v) is 9.96. The summed E-state index contributed by atoms with van der Waals surface area (Å²) >= 11 is 0. The van der Waals surface area contributed by atoms with Crippen LogP contribution >= 0.6 is 0 Å². The number of rotatable bonds is 6. The molecule has 0 spiro atoms. The van der Waals surface area contributed by atoms with E-state index in [0.29, 0.717) is 11.8 Å². The van der Waals surface area contributed by atoms with Crippen molar-refractivity contribution in [2.45, 2.75) is 40.7 Å². The molecule has 0 aromatic heterocycles. The van der Waals surface area contributed by atoms with E-state index in [-0.39, 0.29) is 18.6 Å². The van der Waals surface area contributed by atoms with Crippen molar-refractivity contribution < 1.29 is 9.53 Å². The number of carbonyl (C=O) groups excluding carboxylic acids is 1. The van der Waals surface area contributed by atoms with Gasteiger partial charge in [0.1, 0.15) is 6.61 Å². The molecule has 0 heterocycles. The molecule has 0 aromatic rings. The van der Waals surface area contributed by atoms with Crippen LogP contribution in [0.15, 0.2) is 0 Å². The average molecular weight is 201 g/mol. The van der Waals surface area contributed by atoms with Crippen molar-refractivity contribution in [3.05, 3.63) is 0 Å². The predicted molar refractivity (Wildman–Crippen MR) is 58.1 cm³/mol. The van der Waals surface area contributed by atoms with Crippen LogP contribution in [0.5, 0.6) is 0 Å². The summed E-state index contributed by atoms with van der Waals surface area (Å²) in [5, 5.41) is 2.86. The van der Waals surface area contributed by atoms with Gasteiger partial charge in [-0.2, -0.15) is 0 Å². The van der Waals surface area contributed by atoms with Gasteiger partial charge in [0, 0.05) is 6.54 Å². The van der Waals surface area contributed by atoms with Gasteiger partial charge in [-0.25, -0.2) is 0 Å². The molecule has 14 heavy (non-hydrogen) atoms. The summed E-state index contributed by atoms with van der Waals surface area (Å²) in [5.41, 5.74) is 0. The Morgan fingerprint density at radius 1 is 1.21 bits per heavy atom. The van der Waals surface area contributed by atoms with Gasteiger partial charge < -0.3 is 10.1 Å². The van der Waals surface area contributed by atoms with Crippen molar-refractivity contribution in [3.63, 3.8) is 0 Å². The molecular formula is C11H23NO2. The molecule has 0 aliphatic rings. The van der Waals surface area contributed by atoms with Crippen LogP contribution in [0.3, 0.4) is 0 Å². The summed E-state index contributed by atoms with van der Waals surface area (Å²) in [6, 6.07) is 0. The van der Waals surface area contributed by atoms with Crippen LogP contribution in [0.4, 0.5) is 0 Å². The molecule has 1 unspecified atom stereocenters. The van der Waals surface area contributed by atoms with E-state index in [1.54, 1.807) is 0 Å². The second-order valence-electron chi connectivity index (χ2n) is 4.39. The van der Waals surface area contributed by atoms with Gasteiger partial charge in [-0.15, -0.1) is 0 Å². The average Bonchev–Trinajstić information content (AvgIpc) is 2.10. The largest absolute Gasteiger partial charge is 0.369 e. The highest BCUT2D eigenvalue weighted by Gasteiger charge is 2.09. The first-order chi connectivity index (χ1) is 6.43. The number of amides is 1. The van der Waals surface area contributed by atoms with E-state index in [0.717, 1.165) is 6.54 Å². The fraction of sp³-hybridized carbons (Fsp3) is 0.909. The molecule has 3 nitrogen and oxygen atoms in total. The van der Waals surface area contributed by atoms with E-state index in [4.69, 9.17) is 4.74 Å². The zero-order valence-electron chi connectivity index (χ0n) is 9.96. The molecule has 1 amide bonds. The Bertz CT molecular complexity index is 167. The number of hydrogen-bond acceptors (Lipinski definition) is 2. The first kappa shape index (κ1) is 13.4. The number of nitrogens with one attached hydrogen (secondary N) is 1. The Kier molecular flexibility index (Phi) is 6.54. The van der Waals surface area contributed by atoms with Gasteiger partial charge in [0.15, 0.2) is 0 Å². The van der Waals surface area contributed by atoms with Crippen molar-refractivity contribution >= 4 is 5.91 Å². The van der Waals surface area contributed by atoms with Gasteiger partial charge in [0.05, 0.1) is 6.10 Å². The molecule has 0 saturated heterocycles. The van der Waals surface area contributed by atoms with Crippen LogP contribution in [0.1, 0.15) is 34.6 Å². The molecule has 84 valence electrons. The van der Waals surface area contributed by atoms with E-state index in [1.807, 2.05) is 13.8 Å². The summed E-state index contributed by atoms with van der Waals surface area (Å²) in [5.74, 6) is 1.09. The zero-order chi connectivity index (χ0) is 11.1. The predicted octanol–water partition coefficient (Wildman–Crippen LogP) is 1.82. The number of carbonyl (C=O) groups is 1. The maximum atomic E-state index is 11.2. The van der Waals surface area contributed by atoms with Crippen molar-refractivity contribution in [1.29, 1.82) is 0 Å². The Morgan fingerprint density at radius 2 is 1.79 bits per heavy atom. The van der Waals surface area contributed by atoms with Crippen LogP contribution in [-0.4, -0.2) is 25.2 Å². The second kappa shape index (κ2) is 6.82. The maximum Gasteiger partial charge on any atom is 0.246 e. The van der Waals surface area contributed by atoms with Gasteiger partial charge in [-0.05, 0) is 25.7 Å². The SMILES string of the molecule is CC(C)OCC(=O)NCC(C)C(C)C. The van der Waals surface area contributed by atoms with E-state index in [2.05, 4.69) is 26.1 Å². The molecule has 1 atom stereocenters. The lowest BCUT2D eigenvalue weighted by Gasteiger charge is -2.16. The topological polar surface area (TPSA) is 38.3 Å². The molecule has 0 aromatic carbocycles. The smallest absolute Gasteiger partial charge is 0.246 e.